The quantitative estimate of drug-likeness (QED) is 0.856. The molecule has 1 N–H and O–H groups in total. The van der Waals surface area contributed by atoms with Crippen LogP contribution in [0, 0.1) is 5.92 Å². The molecule has 0 atom stereocenters. The van der Waals surface area contributed by atoms with Crippen LogP contribution in [0.3, 0.4) is 0 Å². The molecule has 1 saturated heterocycles. The molecule has 1 aromatic rings. The molecule has 0 radical (unpaired) electrons. The van der Waals surface area contributed by atoms with E-state index < -0.39 is 0 Å². The fraction of sp³-hybridized carbons (Fsp3) is 0.750. The van der Waals surface area contributed by atoms with Crippen molar-refractivity contribution in [1.29, 1.82) is 0 Å². The van der Waals surface area contributed by atoms with Gasteiger partial charge in [-0.2, -0.15) is 0 Å². The summed E-state index contributed by atoms with van der Waals surface area (Å²) in [7, 11) is 0. The van der Waals surface area contributed by atoms with Crippen LogP contribution in [0.15, 0.2) is 16.5 Å². The zero-order chi connectivity index (χ0) is 13.7. The van der Waals surface area contributed by atoms with Crippen LogP contribution in [0.4, 0.5) is 0 Å². The Hall–Kier alpha value is -0.800. The minimum absolute atomic E-state index is 0.574. The van der Waals surface area contributed by atoms with Crippen molar-refractivity contribution in [3.05, 3.63) is 23.7 Å². The van der Waals surface area contributed by atoms with Crippen LogP contribution >= 0.6 is 0 Å². The number of rotatable bonds is 6. The van der Waals surface area contributed by atoms with Gasteiger partial charge in [0, 0.05) is 19.0 Å². The van der Waals surface area contributed by atoms with Gasteiger partial charge in [-0.05, 0) is 57.8 Å². The Balaban J connectivity index is 1.91. The first-order valence-electron chi connectivity index (χ1n) is 7.71. The molecule has 108 valence electrons. The average Bonchev–Trinajstić information content (AvgIpc) is 2.87. The molecule has 0 amide bonds. The van der Waals surface area contributed by atoms with Crippen LogP contribution in [-0.2, 0) is 13.0 Å². The summed E-state index contributed by atoms with van der Waals surface area (Å²) in [6.45, 7) is 11.2. The van der Waals surface area contributed by atoms with Crippen LogP contribution in [0.5, 0.6) is 0 Å². The molecule has 3 nitrogen and oxygen atoms in total. The van der Waals surface area contributed by atoms with E-state index in [1.807, 2.05) is 0 Å². The molecule has 3 heteroatoms. The molecule has 0 spiro atoms. The van der Waals surface area contributed by atoms with Gasteiger partial charge in [-0.1, -0.05) is 6.92 Å². The molecule has 0 unspecified atom stereocenters. The van der Waals surface area contributed by atoms with Crippen LogP contribution in [-0.4, -0.2) is 30.6 Å². The Morgan fingerprint density at radius 3 is 2.53 bits per heavy atom. The van der Waals surface area contributed by atoms with Gasteiger partial charge in [0.05, 0.1) is 6.54 Å². The van der Waals surface area contributed by atoms with E-state index in [1.165, 1.54) is 32.5 Å². The summed E-state index contributed by atoms with van der Waals surface area (Å²) in [5, 5.41) is 3.44. The lowest BCUT2D eigenvalue weighted by molar-refractivity contribution is 0.150. The molecule has 0 aromatic carbocycles. The van der Waals surface area contributed by atoms with Crippen molar-refractivity contribution in [2.24, 2.45) is 5.92 Å². The SMILES string of the molecule is CCc1ccc(CN(CC2CCNCC2)C(C)C)o1. The number of piperidine rings is 1. The molecule has 0 aliphatic carbocycles. The van der Waals surface area contributed by atoms with Gasteiger partial charge in [0.15, 0.2) is 0 Å². The summed E-state index contributed by atoms with van der Waals surface area (Å²) in [6.07, 6.45) is 3.60. The van der Waals surface area contributed by atoms with Gasteiger partial charge in [0.1, 0.15) is 11.5 Å². The van der Waals surface area contributed by atoms with Crippen LogP contribution in [0.1, 0.15) is 45.1 Å². The summed E-state index contributed by atoms with van der Waals surface area (Å²) in [4.78, 5) is 2.55. The fourth-order valence-electron chi connectivity index (χ4n) is 2.75. The largest absolute Gasteiger partial charge is 0.465 e. The highest BCUT2D eigenvalue weighted by molar-refractivity contribution is 5.07. The maximum absolute atomic E-state index is 5.85. The summed E-state index contributed by atoms with van der Waals surface area (Å²) in [5.74, 6) is 3.05. The first-order valence-corrected chi connectivity index (χ1v) is 7.71. The van der Waals surface area contributed by atoms with E-state index >= 15 is 0 Å². The second-order valence-electron chi connectivity index (χ2n) is 5.94. The first kappa shape index (κ1) is 14.6. The number of aryl methyl sites for hydroxylation is 1. The summed E-state index contributed by atoms with van der Waals surface area (Å²) in [5.41, 5.74) is 0. The molecule has 1 aliphatic heterocycles. The zero-order valence-corrected chi connectivity index (χ0v) is 12.6. The van der Waals surface area contributed by atoms with E-state index in [4.69, 9.17) is 4.42 Å². The van der Waals surface area contributed by atoms with E-state index in [0.717, 1.165) is 30.4 Å². The smallest absolute Gasteiger partial charge is 0.118 e. The normalized spacial score (nSPS) is 17.5. The van der Waals surface area contributed by atoms with Crippen molar-refractivity contribution in [3.8, 4) is 0 Å². The summed E-state index contributed by atoms with van der Waals surface area (Å²) >= 11 is 0. The molecule has 1 fully saturated rings. The Bertz CT molecular complexity index is 367. The standard InChI is InChI=1S/C16H28N2O/c1-4-15-5-6-16(19-15)12-18(13(2)3)11-14-7-9-17-10-8-14/h5-6,13-14,17H,4,7-12H2,1-3H3. The van der Waals surface area contributed by atoms with Crippen LogP contribution < -0.4 is 5.32 Å². The van der Waals surface area contributed by atoms with Crippen LogP contribution in [0.2, 0.25) is 0 Å². The lowest BCUT2D eigenvalue weighted by atomic mass is 9.97. The Labute approximate surface area is 117 Å². The number of hydrogen-bond donors (Lipinski definition) is 1. The molecule has 2 rings (SSSR count). The number of nitrogens with zero attached hydrogens (tertiary/aromatic N) is 1. The molecule has 1 aromatic heterocycles. The second-order valence-corrected chi connectivity index (χ2v) is 5.94. The van der Waals surface area contributed by atoms with E-state index in [0.29, 0.717) is 6.04 Å². The van der Waals surface area contributed by atoms with Gasteiger partial charge >= 0.3 is 0 Å². The predicted octanol–water partition coefficient (Wildman–Crippen LogP) is 3.05. The van der Waals surface area contributed by atoms with Gasteiger partial charge in [0.2, 0.25) is 0 Å². The third kappa shape index (κ3) is 4.36. The van der Waals surface area contributed by atoms with Gasteiger partial charge in [-0.3, -0.25) is 4.90 Å². The van der Waals surface area contributed by atoms with Gasteiger partial charge in [-0.15, -0.1) is 0 Å². The van der Waals surface area contributed by atoms with Crippen molar-refractivity contribution >= 4 is 0 Å². The van der Waals surface area contributed by atoms with Crippen molar-refractivity contribution in [1.82, 2.24) is 10.2 Å². The highest BCUT2D eigenvalue weighted by Gasteiger charge is 2.19. The van der Waals surface area contributed by atoms with E-state index in [2.05, 4.69) is 43.1 Å². The minimum atomic E-state index is 0.574. The van der Waals surface area contributed by atoms with Gasteiger partial charge in [0.25, 0.3) is 0 Å². The Kier molecular flexibility index (Phi) is 5.46. The third-order valence-electron chi connectivity index (χ3n) is 4.11. The van der Waals surface area contributed by atoms with Crippen molar-refractivity contribution in [2.45, 2.75) is 52.6 Å². The summed E-state index contributed by atoms with van der Waals surface area (Å²) in [6, 6.07) is 4.82. The first-order chi connectivity index (χ1) is 9.19. The lowest BCUT2D eigenvalue weighted by Gasteiger charge is -2.32. The van der Waals surface area contributed by atoms with Crippen molar-refractivity contribution in [2.75, 3.05) is 19.6 Å². The lowest BCUT2D eigenvalue weighted by Crippen LogP contribution is -2.39. The zero-order valence-electron chi connectivity index (χ0n) is 12.6. The maximum atomic E-state index is 5.85. The van der Waals surface area contributed by atoms with Gasteiger partial charge < -0.3 is 9.73 Å². The predicted molar refractivity (Wildman–Crippen MR) is 79.2 cm³/mol. The third-order valence-corrected chi connectivity index (χ3v) is 4.11. The number of furan rings is 1. The van der Waals surface area contributed by atoms with E-state index in [-0.39, 0.29) is 0 Å². The summed E-state index contributed by atoms with van der Waals surface area (Å²) < 4.78 is 5.85. The van der Waals surface area contributed by atoms with Crippen molar-refractivity contribution in [3.63, 3.8) is 0 Å². The number of hydrogen-bond acceptors (Lipinski definition) is 3. The highest BCUT2D eigenvalue weighted by Crippen LogP contribution is 2.18. The molecule has 0 saturated carbocycles. The highest BCUT2D eigenvalue weighted by atomic mass is 16.3. The Morgan fingerprint density at radius 2 is 1.95 bits per heavy atom. The maximum Gasteiger partial charge on any atom is 0.118 e. The van der Waals surface area contributed by atoms with Gasteiger partial charge in [-0.25, -0.2) is 0 Å². The second kappa shape index (κ2) is 7.11. The molecule has 2 heterocycles. The van der Waals surface area contributed by atoms with E-state index in [9.17, 15) is 0 Å². The fourth-order valence-corrected chi connectivity index (χ4v) is 2.75. The molecule has 1 aliphatic rings. The molecular formula is C16H28N2O. The Morgan fingerprint density at radius 1 is 1.26 bits per heavy atom. The average molecular weight is 264 g/mol. The van der Waals surface area contributed by atoms with Crippen LogP contribution in [0.25, 0.3) is 0 Å². The number of nitrogens with one attached hydrogen (secondary N) is 1. The molecular weight excluding hydrogens is 236 g/mol. The molecule has 19 heavy (non-hydrogen) atoms. The topological polar surface area (TPSA) is 28.4 Å². The molecule has 0 bridgehead atoms. The monoisotopic (exact) mass is 264 g/mol. The minimum Gasteiger partial charge on any atom is -0.465 e. The van der Waals surface area contributed by atoms with Crippen molar-refractivity contribution < 1.29 is 4.42 Å². The van der Waals surface area contributed by atoms with E-state index in [1.54, 1.807) is 0 Å².